The Hall–Kier alpha value is -1.20. The molecule has 1 rings (SSSR count). The van der Waals surface area contributed by atoms with Crippen molar-refractivity contribution >= 4 is 27.6 Å². The summed E-state index contributed by atoms with van der Waals surface area (Å²) < 4.78 is 0.968. The summed E-state index contributed by atoms with van der Waals surface area (Å²) in [6.07, 6.45) is 1.26. The van der Waals surface area contributed by atoms with Gasteiger partial charge in [0.25, 0.3) is 0 Å². The van der Waals surface area contributed by atoms with Gasteiger partial charge in [-0.15, -0.1) is 0 Å². The monoisotopic (exact) mass is 340 g/mol. The number of carbonyl (C=O) groups is 2. The molecule has 0 heterocycles. The highest BCUT2D eigenvalue weighted by Crippen LogP contribution is 2.12. The van der Waals surface area contributed by atoms with E-state index in [4.69, 9.17) is 0 Å². The molecule has 0 bridgehead atoms. The second-order valence-electron chi connectivity index (χ2n) is 4.72. The van der Waals surface area contributed by atoms with Gasteiger partial charge in [-0.2, -0.15) is 0 Å². The highest BCUT2D eigenvalue weighted by atomic mass is 79.9. The fourth-order valence-corrected chi connectivity index (χ4v) is 2.13. The molecular formula is C15H21BrN2O2. The van der Waals surface area contributed by atoms with E-state index in [2.05, 4.69) is 21.2 Å². The minimum absolute atomic E-state index is 0.0224. The molecule has 0 radical (unpaired) electrons. The van der Waals surface area contributed by atoms with Crippen molar-refractivity contribution in [3.8, 4) is 0 Å². The topological polar surface area (TPSA) is 49.4 Å². The number of benzene rings is 1. The fourth-order valence-electron chi connectivity index (χ4n) is 1.87. The maximum Gasteiger partial charge on any atom is 0.234 e. The van der Waals surface area contributed by atoms with Gasteiger partial charge in [-0.25, -0.2) is 0 Å². The number of rotatable bonds is 8. The number of nitrogens with one attached hydrogen (secondary N) is 1. The maximum atomic E-state index is 11.9. The number of amides is 1. The number of Topliss-reactive ketones (excluding diaryl/α,β-unsaturated/α-hetero) is 1. The van der Waals surface area contributed by atoms with Gasteiger partial charge >= 0.3 is 0 Å². The van der Waals surface area contributed by atoms with Crippen molar-refractivity contribution in [2.75, 3.05) is 26.7 Å². The Morgan fingerprint density at radius 2 is 1.90 bits per heavy atom. The second kappa shape index (κ2) is 8.87. The van der Waals surface area contributed by atoms with E-state index < -0.39 is 0 Å². The molecule has 0 saturated carbocycles. The third-order valence-electron chi connectivity index (χ3n) is 2.90. The predicted molar refractivity (Wildman–Crippen MR) is 83.9 cm³/mol. The van der Waals surface area contributed by atoms with Crippen LogP contribution in [0.5, 0.6) is 0 Å². The molecule has 20 heavy (non-hydrogen) atoms. The van der Waals surface area contributed by atoms with E-state index in [1.807, 2.05) is 43.1 Å². The molecule has 1 N–H and O–H groups in total. The third kappa shape index (κ3) is 6.30. The van der Waals surface area contributed by atoms with Gasteiger partial charge < -0.3 is 5.32 Å². The lowest BCUT2D eigenvalue weighted by Gasteiger charge is -2.15. The van der Waals surface area contributed by atoms with Crippen molar-refractivity contribution in [1.29, 1.82) is 0 Å². The molecule has 0 aliphatic rings. The van der Waals surface area contributed by atoms with Crippen LogP contribution in [0.4, 0.5) is 0 Å². The molecule has 0 spiro atoms. The summed E-state index contributed by atoms with van der Waals surface area (Å²) in [5.41, 5.74) is 0.736. The Balaban J connectivity index is 2.28. The van der Waals surface area contributed by atoms with Gasteiger partial charge in [0, 0.05) is 23.0 Å². The van der Waals surface area contributed by atoms with E-state index in [1.165, 1.54) is 0 Å². The van der Waals surface area contributed by atoms with Crippen LogP contribution < -0.4 is 5.32 Å². The van der Waals surface area contributed by atoms with Crippen LogP contribution in [0.2, 0.25) is 0 Å². The number of nitrogens with zero attached hydrogens (tertiary/aromatic N) is 1. The molecule has 0 aliphatic carbocycles. The summed E-state index contributed by atoms with van der Waals surface area (Å²) in [7, 11) is 1.89. The van der Waals surface area contributed by atoms with E-state index in [9.17, 15) is 9.59 Å². The van der Waals surface area contributed by atoms with Gasteiger partial charge in [-0.05, 0) is 39.1 Å². The highest BCUT2D eigenvalue weighted by Gasteiger charge is 2.08. The molecule has 1 aromatic rings. The number of ketones is 1. The van der Waals surface area contributed by atoms with Crippen LogP contribution in [-0.2, 0) is 4.79 Å². The lowest BCUT2D eigenvalue weighted by atomic mass is 10.1. The second-order valence-corrected chi connectivity index (χ2v) is 5.64. The molecule has 0 fully saturated rings. The Morgan fingerprint density at radius 3 is 2.50 bits per heavy atom. The molecule has 0 aromatic heterocycles. The lowest BCUT2D eigenvalue weighted by molar-refractivity contribution is -0.121. The van der Waals surface area contributed by atoms with Gasteiger partial charge in [0.05, 0.1) is 6.54 Å². The minimum atomic E-state index is 0.0224. The van der Waals surface area contributed by atoms with E-state index >= 15 is 0 Å². The largest absolute Gasteiger partial charge is 0.355 e. The van der Waals surface area contributed by atoms with Crippen molar-refractivity contribution in [1.82, 2.24) is 10.2 Å². The first-order chi connectivity index (χ1) is 9.52. The van der Waals surface area contributed by atoms with Crippen LogP contribution in [0.1, 0.15) is 30.1 Å². The molecule has 0 aliphatic heterocycles. The maximum absolute atomic E-state index is 11.9. The smallest absolute Gasteiger partial charge is 0.234 e. The highest BCUT2D eigenvalue weighted by molar-refractivity contribution is 9.10. The van der Waals surface area contributed by atoms with E-state index in [0.717, 1.165) is 23.0 Å². The van der Waals surface area contributed by atoms with Crippen LogP contribution in [0.15, 0.2) is 28.7 Å². The van der Waals surface area contributed by atoms with E-state index in [-0.39, 0.29) is 11.7 Å². The normalized spacial score (nSPS) is 10.6. The van der Waals surface area contributed by atoms with E-state index in [0.29, 0.717) is 19.5 Å². The van der Waals surface area contributed by atoms with Crippen LogP contribution in [0, 0.1) is 0 Å². The van der Waals surface area contributed by atoms with Crippen LogP contribution in [0.25, 0.3) is 0 Å². The summed E-state index contributed by atoms with van der Waals surface area (Å²) in [5, 5.41) is 2.75. The summed E-state index contributed by atoms with van der Waals surface area (Å²) >= 11 is 3.35. The predicted octanol–water partition coefficient (Wildman–Crippen LogP) is 2.48. The quantitative estimate of drug-likeness (QED) is 0.739. The number of hydrogen-bond donors (Lipinski definition) is 1. The summed E-state index contributed by atoms with van der Waals surface area (Å²) in [5.74, 6) is 0.165. The molecule has 1 amide bonds. The Kier molecular flexibility index (Phi) is 7.47. The van der Waals surface area contributed by atoms with Crippen LogP contribution in [0.3, 0.4) is 0 Å². The van der Waals surface area contributed by atoms with Gasteiger partial charge in [-0.1, -0.05) is 28.1 Å². The van der Waals surface area contributed by atoms with Crippen molar-refractivity contribution in [3.05, 3.63) is 34.3 Å². The van der Waals surface area contributed by atoms with Gasteiger partial charge in [-0.3, -0.25) is 14.5 Å². The van der Waals surface area contributed by atoms with Crippen LogP contribution in [-0.4, -0.2) is 43.3 Å². The Morgan fingerprint density at radius 1 is 1.25 bits per heavy atom. The zero-order valence-corrected chi connectivity index (χ0v) is 13.6. The SMILES string of the molecule is CCNC(=O)CN(C)CCCC(=O)c1ccc(Br)cc1. The zero-order valence-electron chi connectivity index (χ0n) is 12.0. The summed E-state index contributed by atoms with van der Waals surface area (Å²) in [4.78, 5) is 25.3. The molecule has 0 unspecified atom stereocenters. The first-order valence-electron chi connectivity index (χ1n) is 6.77. The number of hydrogen-bond acceptors (Lipinski definition) is 3. The van der Waals surface area contributed by atoms with Gasteiger partial charge in [0.15, 0.2) is 5.78 Å². The van der Waals surface area contributed by atoms with Gasteiger partial charge in [0.2, 0.25) is 5.91 Å². The number of likely N-dealkylation sites (N-methyl/N-ethyl adjacent to an activating group) is 2. The summed E-state index contributed by atoms with van der Waals surface area (Å²) in [6.45, 7) is 3.66. The Labute approximate surface area is 128 Å². The standard InChI is InChI=1S/C15H21BrN2O2/c1-3-17-15(20)11-18(2)10-4-5-14(19)12-6-8-13(16)9-7-12/h6-9H,3-5,10-11H2,1-2H3,(H,17,20). The molecule has 4 nitrogen and oxygen atoms in total. The van der Waals surface area contributed by atoms with Crippen molar-refractivity contribution < 1.29 is 9.59 Å². The average Bonchev–Trinajstić information content (AvgIpc) is 2.39. The first-order valence-corrected chi connectivity index (χ1v) is 7.56. The molecule has 0 saturated heterocycles. The molecule has 5 heteroatoms. The van der Waals surface area contributed by atoms with Crippen LogP contribution >= 0.6 is 15.9 Å². The third-order valence-corrected chi connectivity index (χ3v) is 3.43. The number of carbonyl (C=O) groups excluding carboxylic acids is 2. The lowest BCUT2D eigenvalue weighted by Crippen LogP contribution is -2.35. The molecule has 1 aromatic carbocycles. The van der Waals surface area contributed by atoms with Crippen molar-refractivity contribution in [3.63, 3.8) is 0 Å². The van der Waals surface area contributed by atoms with E-state index in [1.54, 1.807) is 0 Å². The molecule has 0 atom stereocenters. The average molecular weight is 341 g/mol. The molecule has 110 valence electrons. The van der Waals surface area contributed by atoms with Crippen molar-refractivity contribution in [2.45, 2.75) is 19.8 Å². The molecular weight excluding hydrogens is 320 g/mol. The fraction of sp³-hybridized carbons (Fsp3) is 0.467. The summed E-state index contributed by atoms with van der Waals surface area (Å²) in [6, 6.07) is 7.39. The minimum Gasteiger partial charge on any atom is -0.355 e. The van der Waals surface area contributed by atoms with Gasteiger partial charge in [0.1, 0.15) is 0 Å². The van der Waals surface area contributed by atoms with Crippen molar-refractivity contribution in [2.24, 2.45) is 0 Å². The number of halogens is 1. The first kappa shape index (κ1) is 16.9. The Bertz CT molecular complexity index is 446. The zero-order chi connectivity index (χ0) is 15.0.